The molecular weight excluding hydrogens is 435 g/mol. The number of nitrogens with zero attached hydrogens (tertiary/aromatic N) is 2. The first-order valence-corrected chi connectivity index (χ1v) is 11.5. The summed E-state index contributed by atoms with van der Waals surface area (Å²) in [5, 5.41) is 22.3. The molecular formula is C24H32Cl2N2O3. The maximum absolute atomic E-state index is 10.5. The Morgan fingerprint density at radius 2 is 1.39 bits per heavy atom. The van der Waals surface area contributed by atoms with Crippen molar-refractivity contribution < 1.29 is 14.9 Å². The third kappa shape index (κ3) is 7.63. The lowest BCUT2D eigenvalue weighted by Crippen LogP contribution is -2.50. The Morgan fingerprint density at radius 1 is 0.839 bits per heavy atom. The molecule has 1 aliphatic heterocycles. The highest BCUT2D eigenvalue weighted by atomic mass is 35.5. The molecule has 1 heterocycles. The van der Waals surface area contributed by atoms with Gasteiger partial charge in [0.15, 0.2) is 0 Å². The lowest BCUT2D eigenvalue weighted by molar-refractivity contribution is 0.0333. The van der Waals surface area contributed by atoms with Crippen molar-refractivity contribution in [2.24, 2.45) is 0 Å². The van der Waals surface area contributed by atoms with Gasteiger partial charge in [0.2, 0.25) is 0 Å². The van der Waals surface area contributed by atoms with Crippen molar-refractivity contribution in [1.82, 2.24) is 9.80 Å². The second-order valence-corrected chi connectivity index (χ2v) is 9.28. The van der Waals surface area contributed by atoms with Crippen molar-refractivity contribution in [3.05, 3.63) is 63.1 Å². The fraction of sp³-hybridized carbons (Fsp3) is 0.500. The van der Waals surface area contributed by atoms with Crippen LogP contribution in [-0.2, 0) is 6.42 Å². The molecule has 0 amide bonds. The van der Waals surface area contributed by atoms with E-state index in [1.54, 1.807) is 6.07 Å². The minimum atomic E-state index is -0.555. The van der Waals surface area contributed by atoms with E-state index in [0.717, 1.165) is 53.6 Å². The van der Waals surface area contributed by atoms with Crippen molar-refractivity contribution >= 4 is 23.2 Å². The molecule has 1 aliphatic rings. The highest BCUT2D eigenvalue weighted by Gasteiger charge is 2.21. The van der Waals surface area contributed by atoms with Crippen LogP contribution in [0, 0.1) is 13.8 Å². The number of aliphatic hydroxyl groups is 2. The lowest BCUT2D eigenvalue weighted by Gasteiger charge is -2.36. The molecule has 2 aromatic carbocycles. The fourth-order valence-corrected chi connectivity index (χ4v) is 4.42. The number of hydrogen-bond donors (Lipinski definition) is 2. The molecule has 0 aromatic heterocycles. The number of aryl methyl sites for hydroxylation is 2. The summed E-state index contributed by atoms with van der Waals surface area (Å²) >= 11 is 12.0. The van der Waals surface area contributed by atoms with Gasteiger partial charge >= 0.3 is 0 Å². The largest absolute Gasteiger partial charge is 0.491 e. The third-order valence-corrected chi connectivity index (χ3v) is 6.20. The Bertz CT molecular complexity index is 857. The first-order chi connectivity index (χ1) is 14.8. The zero-order valence-corrected chi connectivity index (χ0v) is 19.7. The molecule has 2 aromatic rings. The maximum Gasteiger partial charge on any atom is 0.122 e. The second kappa shape index (κ2) is 11.5. The molecule has 0 saturated carbocycles. The highest BCUT2D eigenvalue weighted by Crippen LogP contribution is 2.22. The van der Waals surface area contributed by atoms with Gasteiger partial charge in [-0.3, -0.25) is 9.80 Å². The van der Waals surface area contributed by atoms with Crippen LogP contribution in [0.5, 0.6) is 5.75 Å². The van der Waals surface area contributed by atoms with Gasteiger partial charge in [0.25, 0.3) is 0 Å². The smallest absolute Gasteiger partial charge is 0.122 e. The number of halogens is 2. The molecule has 0 bridgehead atoms. The first kappa shape index (κ1) is 24.3. The first-order valence-electron chi connectivity index (χ1n) is 10.7. The van der Waals surface area contributed by atoms with E-state index in [0.29, 0.717) is 24.5 Å². The topological polar surface area (TPSA) is 56.2 Å². The van der Waals surface area contributed by atoms with Crippen LogP contribution in [0.2, 0.25) is 10.0 Å². The molecule has 7 heteroatoms. The molecule has 0 unspecified atom stereocenters. The van der Waals surface area contributed by atoms with Gasteiger partial charge in [0.05, 0.1) is 6.10 Å². The molecule has 170 valence electrons. The average molecular weight is 467 g/mol. The van der Waals surface area contributed by atoms with Crippen molar-refractivity contribution in [3.8, 4) is 5.75 Å². The second-order valence-electron chi connectivity index (χ2n) is 8.40. The lowest BCUT2D eigenvalue weighted by atomic mass is 10.0. The summed E-state index contributed by atoms with van der Waals surface area (Å²) < 4.78 is 5.76. The van der Waals surface area contributed by atoms with E-state index < -0.39 is 12.2 Å². The SMILES string of the molecule is Cc1cc(Cl)ccc1C[C@@H](O)CN1CCN(C[C@@H](O)COc2ccc(Cl)cc2C)CC1. The van der Waals surface area contributed by atoms with Crippen molar-refractivity contribution in [2.45, 2.75) is 32.5 Å². The zero-order chi connectivity index (χ0) is 22.4. The predicted octanol–water partition coefficient (Wildman–Crippen LogP) is 3.57. The van der Waals surface area contributed by atoms with Crippen molar-refractivity contribution in [1.29, 1.82) is 0 Å². The van der Waals surface area contributed by atoms with E-state index in [9.17, 15) is 10.2 Å². The molecule has 5 nitrogen and oxygen atoms in total. The quantitative estimate of drug-likeness (QED) is 0.591. The number of aliphatic hydroxyl groups excluding tert-OH is 2. The standard InChI is InChI=1S/C24H32Cl2N2O3/c1-17-11-20(25)4-3-19(17)13-22(29)14-27-7-9-28(10-8-27)15-23(30)16-31-24-6-5-21(26)12-18(24)2/h3-6,11-12,22-23,29-30H,7-10,13-16H2,1-2H3/t22-,23-/m1/s1. The van der Waals surface area contributed by atoms with E-state index in [1.807, 2.05) is 44.2 Å². The van der Waals surface area contributed by atoms with E-state index in [2.05, 4.69) is 9.80 Å². The normalized spacial score (nSPS) is 17.5. The number of ether oxygens (including phenoxy) is 1. The van der Waals surface area contributed by atoms with Gasteiger partial charge in [-0.25, -0.2) is 0 Å². The summed E-state index contributed by atoms with van der Waals surface area (Å²) in [4.78, 5) is 4.53. The van der Waals surface area contributed by atoms with E-state index >= 15 is 0 Å². The zero-order valence-electron chi connectivity index (χ0n) is 18.2. The van der Waals surface area contributed by atoms with Gasteiger partial charge < -0.3 is 14.9 Å². The number of benzene rings is 2. The van der Waals surface area contributed by atoms with Gasteiger partial charge in [-0.15, -0.1) is 0 Å². The summed E-state index contributed by atoms with van der Waals surface area (Å²) in [6, 6.07) is 11.3. The number of piperazine rings is 1. The molecule has 3 rings (SSSR count). The third-order valence-electron chi connectivity index (χ3n) is 5.73. The van der Waals surface area contributed by atoms with E-state index in [4.69, 9.17) is 27.9 Å². The number of hydrogen-bond acceptors (Lipinski definition) is 5. The molecule has 2 atom stereocenters. The summed E-state index contributed by atoms with van der Waals surface area (Å²) in [5.41, 5.74) is 3.21. The van der Waals surface area contributed by atoms with Crippen LogP contribution in [0.1, 0.15) is 16.7 Å². The Kier molecular flexibility index (Phi) is 9.02. The highest BCUT2D eigenvalue weighted by molar-refractivity contribution is 6.30. The molecule has 0 radical (unpaired) electrons. The monoisotopic (exact) mass is 466 g/mol. The predicted molar refractivity (Wildman–Crippen MR) is 126 cm³/mol. The van der Waals surface area contributed by atoms with Crippen LogP contribution in [0.3, 0.4) is 0 Å². The molecule has 1 fully saturated rings. The summed E-state index contributed by atoms with van der Waals surface area (Å²) in [6.45, 7) is 8.92. The van der Waals surface area contributed by atoms with Crippen LogP contribution >= 0.6 is 23.2 Å². The molecule has 31 heavy (non-hydrogen) atoms. The van der Waals surface area contributed by atoms with Gasteiger partial charge in [0, 0.05) is 49.3 Å². The van der Waals surface area contributed by atoms with Gasteiger partial charge in [-0.05, 0) is 67.3 Å². The summed E-state index contributed by atoms with van der Waals surface area (Å²) in [5.74, 6) is 0.748. The Morgan fingerprint density at radius 3 is 1.97 bits per heavy atom. The molecule has 1 saturated heterocycles. The van der Waals surface area contributed by atoms with Crippen molar-refractivity contribution in [2.75, 3.05) is 45.9 Å². The van der Waals surface area contributed by atoms with E-state index in [-0.39, 0.29) is 6.61 Å². The summed E-state index contributed by atoms with van der Waals surface area (Å²) in [6.07, 6.45) is -0.336. The number of rotatable bonds is 9. The van der Waals surface area contributed by atoms with Crippen LogP contribution in [0.15, 0.2) is 36.4 Å². The van der Waals surface area contributed by atoms with Crippen LogP contribution in [0.25, 0.3) is 0 Å². The minimum absolute atomic E-state index is 0.252. The Hall–Kier alpha value is -1.34. The molecule has 0 aliphatic carbocycles. The Balaban J connectivity index is 1.37. The van der Waals surface area contributed by atoms with Crippen LogP contribution in [-0.4, -0.2) is 78.1 Å². The maximum atomic E-state index is 10.5. The summed E-state index contributed by atoms with van der Waals surface area (Å²) in [7, 11) is 0. The van der Waals surface area contributed by atoms with Crippen LogP contribution < -0.4 is 4.74 Å². The van der Waals surface area contributed by atoms with Gasteiger partial charge in [-0.1, -0.05) is 29.3 Å². The fourth-order valence-electron chi connectivity index (χ4n) is 3.97. The molecule has 2 N–H and O–H groups in total. The van der Waals surface area contributed by atoms with Gasteiger partial charge in [0.1, 0.15) is 18.5 Å². The minimum Gasteiger partial charge on any atom is -0.491 e. The average Bonchev–Trinajstić information content (AvgIpc) is 2.71. The molecule has 0 spiro atoms. The number of β-amino-alcohol motifs (C(OH)–C–C–N with tert-alkyl or cyclic N) is 2. The van der Waals surface area contributed by atoms with Crippen LogP contribution in [0.4, 0.5) is 0 Å². The van der Waals surface area contributed by atoms with E-state index in [1.165, 1.54) is 0 Å². The van der Waals surface area contributed by atoms with Crippen molar-refractivity contribution in [3.63, 3.8) is 0 Å². The van der Waals surface area contributed by atoms with Gasteiger partial charge in [-0.2, -0.15) is 0 Å². The Labute approximate surface area is 195 Å².